The molecule has 0 bridgehead atoms. The van der Waals surface area contributed by atoms with E-state index in [2.05, 4.69) is 4.98 Å². The number of halogens is 1. The summed E-state index contributed by atoms with van der Waals surface area (Å²) in [6.45, 7) is 0. The van der Waals surface area contributed by atoms with E-state index >= 15 is 0 Å². The molecule has 6 heteroatoms. The predicted octanol–water partition coefficient (Wildman–Crippen LogP) is 4.37. The van der Waals surface area contributed by atoms with Gasteiger partial charge >= 0.3 is 5.97 Å². The average molecular weight is 364 g/mol. The first kappa shape index (κ1) is 16.3. The summed E-state index contributed by atoms with van der Waals surface area (Å²) in [7, 11) is 0. The van der Waals surface area contributed by atoms with E-state index in [-0.39, 0.29) is 6.42 Å². The van der Waals surface area contributed by atoms with Crippen LogP contribution in [0.25, 0.3) is 27.8 Å². The fraction of sp³-hybridized carbons (Fsp3) is 0.0500. The Morgan fingerprint density at radius 3 is 2.81 bits per heavy atom. The van der Waals surface area contributed by atoms with Crippen molar-refractivity contribution in [3.63, 3.8) is 0 Å². The topological polar surface area (TPSA) is 68.0 Å². The van der Waals surface area contributed by atoms with Gasteiger partial charge in [-0.05, 0) is 35.9 Å². The molecule has 0 aliphatic carbocycles. The summed E-state index contributed by atoms with van der Waals surface area (Å²) in [5.41, 5.74) is 4.03. The van der Waals surface area contributed by atoms with E-state index in [9.17, 15) is 4.79 Å². The van der Waals surface area contributed by atoms with Crippen molar-refractivity contribution in [3.05, 3.63) is 77.8 Å². The summed E-state index contributed by atoms with van der Waals surface area (Å²) in [5.74, 6) is -0.862. The number of nitrogens with zero attached hydrogens (tertiary/aromatic N) is 3. The highest BCUT2D eigenvalue weighted by molar-refractivity contribution is 6.31. The Labute approximate surface area is 154 Å². The highest BCUT2D eigenvalue weighted by Gasteiger charge is 2.11. The standard InChI is InChI=1S/C20H14ClN3O2/c21-15-4-5-16-18(10-15)23-17(11-19(16)24-7-6-22-12-24)14-3-1-2-13(8-14)9-20(25)26/h1-8,10-12H,9H2,(H,25,26). The molecule has 0 saturated heterocycles. The van der Waals surface area contributed by atoms with Gasteiger partial charge in [0.1, 0.15) is 0 Å². The molecular weight excluding hydrogens is 350 g/mol. The number of pyridine rings is 1. The zero-order chi connectivity index (χ0) is 18.1. The van der Waals surface area contributed by atoms with Gasteiger partial charge in [-0.3, -0.25) is 4.79 Å². The molecule has 0 unspecified atom stereocenters. The van der Waals surface area contributed by atoms with E-state index < -0.39 is 5.97 Å². The third-order valence-electron chi connectivity index (χ3n) is 4.11. The SMILES string of the molecule is O=C(O)Cc1cccc(-c2cc(-n3ccnc3)c3ccc(Cl)cc3n2)c1. The molecule has 0 radical (unpaired) electrons. The Balaban J connectivity index is 1.92. The number of aromatic nitrogens is 3. The molecular formula is C20H14ClN3O2. The second kappa shape index (κ2) is 6.61. The molecule has 0 saturated carbocycles. The third-order valence-corrected chi connectivity index (χ3v) is 4.35. The van der Waals surface area contributed by atoms with Crippen LogP contribution in [0.15, 0.2) is 67.3 Å². The molecule has 0 spiro atoms. The smallest absolute Gasteiger partial charge is 0.307 e. The van der Waals surface area contributed by atoms with Gasteiger partial charge in [0.2, 0.25) is 0 Å². The summed E-state index contributed by atoms with van der Waals surface area (Å²) >= 11 is 6.15. The lowest BCUT2D eigenvalue weighted by molar-refractivity contribution is -0.136. The molecule has 1 N–H and O–H groups in total. The molecule has 0 aliphatic heterocycles. The highest BCUT2D eigenvalue weighted by Crippen LogP contribution is 2.29. The van der Waals surface area contributed by atoms with Crippen LogP contribution < -0.4 is 0 Å². The van der Waals surface area contributed by atoms with Gasteiger partial charge in [0.05, 0.1) is 29.6 Å². The van der Waals surface area contributed by atoms with Crippen molar-refractivity contribution < 1.29 is 9.90 Å². The molecule has 0 atom stereocenters. The Bertz CT molecular complexity index is 1110. The fourth-order valence-corrected chi connectivity index (χ4v) is 3.13. The molecule has 128 valence electrons. The minimum atomic E-state index is -0.862. The van der Waals surface area contributed by atoms with Crippen LogP contribution in [0.4, 0.5) is 0 Å². The minimum Gasteiger partial charge on any atom is -0.481 e. The molecule has 26 heavy (non-hydrogen) atoms. The second-order valence-corrected chi connectivity index (χ2v) is 6.37. The average Bonchev–Trinajstić information content (AvgIpc) is 3.14. The van der Waals surface area contributed by atoms with Gasteiger partial charge in [-0.2, -0.15) is 0 Å². The van der Waals surface area contributed by atoms with E-state index in [1.807, 2.05) is 53.2 Å². The lowest BCUT2D eigenvalue weighted by atomic mass is 10.0. The van der Waals surface area contributed by atoms with Crippen LogP contribution in [-0.4, -0.2) is 25.6 Å². The van der Waals surface area contributed by atoms with Gasteiger partial charge in [-0.25, -0.2) is 9.97 Å². The number of carboxylic acid groups (broad SMARTS) is 1. The van der Waals surface area contributed by atoms with E-state index in [1.165, 1.54) is 0 Å². The summed E-state index contributed by atoms with van der Waals surface area (Å²) in [6.07, 6.45) is 5.29. The van der Waals surface area contributed by atoms with Gasteiger partial charge in [0.15, 0.2) is 0 Å². The van der Waals surface area contributed by atoms with Gasteiger partial charge in [0, 0.05) is 28.4 Å². The van der Waals surface area contributed by atoms with E-state index in [4.69, 9.17) is 21.7 Å². The number of fused-ring (bicyclic) bond motifs is 1. The zero-order valence-corrected chi connectivity index (χ0v) is 14.4. The van der Waals surface area contributed by atoms with Crippen molar-refractivity contribution in [2.45, 2.75) is 6.42 Å². The number of aliphatic carboxylic acids is 1. The summed E-state index contributed by atoms with van der Waals surface area (Å²) in [5, 5.41) is 10.6. The number of benzene rings is 2. The van der Waals surface area contributed by atoms with Gasteiger partial charge in [-0.15, -0.1) is 0 Å². The normalized spacial score (nSPS) is 11.0. The summed E-state index contributed by atoms with van der Waals surface area (Å²) in [6, 6.07) is 15.0. The van der Waals surface area contributed by atoms with E-state index in [0.29, 0.717) is 5.02 Å². The van der Waals surface area contributed by atoms with Gasteiger partial charge in [-0.1, -0.05) is 29.8 Å². The Morgan fingerprint density at radius 2 is 2.04 bits per heavy atom. The first-order chi connectivity index (χ1) is 12.6. The summed E-state index contributed by atoms with van der Waals surface area (Å²) < 4.78 is 1.92. The maximum absolute atomic E-state index is 11.0. The van der Waals surface area contributed by atoms with Crippen LogP contribution in [-0.2, 0) is 11.2 Å². The maximum atomic E-state index is 11.0. The van der Waals surface area contributed by atoms with Crippen LogP contribution in [0.3, 0.4) is 0 Å². The first-order valence-electron chi connectivity index (χ1n) is 8.00. The Morgan fingerprint density at radius 1 is 1.15 bits per heavy atom. The Hall–Kier alpha value is -3.18. The molecule has 5 nitrogen and oxygen atoms in total. The number of hydrogen-bond donors (Lipinski definition) is 1. The van der Waals surface area contributed by atoms with Crippen molar-refractivity contribution in [1.29, 1.82) is 0 Å². The van der Waals surface area contributed by atoms with Crippen LogP contribution in [0, 0.1) is 0 Å². The van der Waals surface area contributed by atoms with Crippen molar-refractivity contribution in [2.75, 3.05) is 0 Å². The number of carbonyl (C=O) groups is 1. The zero-order valence-electron chi connectivity index (χ0n) is 13.6. The molecule has 0 aliphatic rings. The highest BCUT2D eigenvalue weighted by atomic mass is 35.5. The van der Waals surface area contributed by atoms with Crippen molar-refractivity contribution in [3.8, 4) is 16.9 Å². The summed E-state index contributed by atoms with van der Waals surface area (Å²) in [4.78, 5) is 19.9. The second-order valence-electron chi connectivity index (χ2n) is 5.93. The van der Waals surface area contributed by atoms with E-state index in [1.54, 1.807) is 18.6 Å². The molecule has 4 rings (SSSR count). The minimum absolute atomic E-state index is 0.0262. The number of carboxylic acids is 1. The lowest BCUT2D eigenvalue weighted by Crippen LogP contribution is -2.00. The van der Waals surface area contributed by atoms with Crippen LogP contribution in [0.5, 0.6) is 0 Å². The molecule has 4 aromatic rings. The molecule has 2 aromatic heterocycles. The third kappa shape index (κ3) is 3.17. The fourth-order valence-electron chi connectivity index (χ4n) is 2.96. The monoisotopic (exact) mass is 363 g/mol. The van der Waals surface area contributed by atoms with Crippen molar-refractivity contribution in [2.24, 2.45) is 0 Å². The molecule has 0 amide bonds. The maximum Gasteiger partial charge on any atom is 0.307 e. The van der Waals surface area contributed by atoms with Gasteiger partial charge in [0.25, 0.3) is 0 Å². The lowest BCUT2D eigenvalue weighted by Gasteiger charge is -2.11. The number of rotatable bonds is 4. The van der Waals surface area contributed by atoms with Crippen LogP contribution in [0.2, 0.25) is 5.02 Å². The largest absolute Gasteiger partial charge is 0.481 e. The van der Waals surface area contributed by atoms with Crippen molar-refractivity contribution in [1.82, 2.24) is 14.5 Å². The quantitative estimate of drug-likeness (QED) is 0.584. The van der Waals surface area contributed by atoms with E-state index in [0.717, 1.165) is 33.4 Å². The van der Waals surface area contributed by atoms with Crippen LogP contribution in [0.1, 0.15) is 5.56 Å². The molecule has 0 fully saturated rings. The molecule has 2 aromatic carbocycles. The first-order valence-corrected chi connectivity index (χ1v) is 8.38. The van der Waals surface area contributed by atoms with Crippen LogP contribution >= 0.6 is 11.6 Å². The number of imidazole rings is 1. The predicted molar refractivity (Wildman–Crippen MR) is 101 cm³/mol. The molecule has 2 heterocycles. The Kier molecular flexibility index (Phi) is 4.14. The van der Waals surface area contributed by atoms with Crippen molar-refractivity contribution >= 4 is 28.5 Å². The van der Waals surface area contributed by atoms with Gasteiger partial charge < -0.3 is 9.67 Å². The number of hydrogen-bond acceptors (Lipinski definition) is 3.